The molecule has 6 amide bonds. The van der Waals surface area contributed by atoms with Crippen LogP contribution < -0.4 is 76.4 Å². The number of carbonyl (C=O) groups excluding carboxylic acids is 8. The van der Waals surface area contributed by atoms with Crippen molar-refractivity contribution in [3.05, 3.63) is 16.9 Å². The summed E-state index contributed by atoms with van der Waals surface area (Å²) >= 11 is 6.83. The maximum Gasteiger partial charge on any atom is 0.407 e. The molecule has 3 aromatic rings. The molecule has 0 aromatic carbocycles. The molecule has 4 aliphatic rings. The number of carbonyl (C=O) groups is 8. The highest BCUT2D eigenvalue weighted by molar-refractivity contribution is 6.28. The Kier molecular flexibility index (Phi) is 32.2. The Balaban J connectivity index is 1.14. The van der Waals surface area contributed by atoms with Crippen molar-refractivity contribution < 1.29 is 66.8 Å². The molecule has 39 heteroatoms. The van der Waals surface area contributed by atoms with Crippen LogP contribution in [0.2, 0.25) is 5.28 Å². The van der Waals surface area contributed by atoms with Gasteiger partial charge in [-0.25, -0.2) is 28.8 Å². The quantitative estimate of drug-likeness (QED) is 0.0156. The number of nitrogens with one attached hydrogen (secondary N) is 7. The van der Waals surface area contributed by atoms with Gasteiger partial charge in [-0.1, -0.05) is 19.9 Å². The van der Waals surface area contributed by atoms with E-state index < -0.39 is 70.2 Å². The largest absolute Gasteiger partial charge is 0.444 e. The number of ether oxygens (including phenoxy) is 6. The second kappa shape index (κ2) is 40.1. The second-order valence-corrected chi connectivity index (χ2v) is 35.6. The summed E-state index contributed by atoms with van der Waals surface area (Å²) in [4.78, 5) is 164. The lowest BCUT2D eigenvalue weighted by molar-refractivity contribution is -0.127. The van der Waals surface area contributed by atoms with Crippen molar-refractivity contribution in [2.75, 3.05) is 196 Å². The zero-order chi connectivity index (χ0) is 84.2. The molecule has 1 saturated carbocycles. The van der Waals surface area contributed by atoms with E-state index in [1.165, 1.54) is 0 Å². The van der Waals surface area contributed by atoms with Crippen LogP contribution in [0, 0.1) is 11.3 Å². The van der Waals surface area contributed by atoms with Gasteiger partial charge in [0.05, 0.1) is 5.57 Å². The van der Waals surface area contributed by atoms with Gasteiger partial charge in [0.25, 0.3) is 0 Å². The normalized spacial score (nSPS) is 16.0. The van der Waals surface area contributed by atoms with Gasteiger partial charge in [0.2, 0.25) is 52.9 Å². The van der Waals surface area contributed by atoms with E-state index in [-0.39, 0.29) is 124 Å². The van der Waals surface area contributed by atoms with Gasteiger partial charge < -0.3 is 105 Å². The summed E-state index contributed by atoms with van der Waals surface area (Å²) < 4.78 is 33.3. The van der Waals surface area contributed by atoms with Crippen molar-refractivity contribution >= 4 is 107 Å². The predicted molar refractivity (Wildman–Crippen MR) is 434 cm³/mol. The van der Waals surface area contributed by atoms with Crippen LogP contribution in [0.3, 0.4) is 0 Å². The first-order valence-corrected chi connectivity index (χ1v) is 39.7. The predicted octanol–water partition coefficient (Wildman–Crippen LogP) is 6.81. The molecule has 0 radical (unpaired) electrons. The first-order chi connectivity index (χ1) is 53.1. The monoisotopic (exact) mass is 1620 g/mol. The van der Waals surface area contributed by atoms with Gasteiger partial charge >= 0.3 is 36.6 Å². The Labute approximate surface area is 675 Å². The summed E-state index contributed by atoms with van der Waals surface area (Å²) in [6.07, 6.45) is 0.276. The van der Waals surface area contributed by atoms with Gasteiger partial charge in [0.15, 0.2) is 11.6 Å². The van der Waals surface area contributed by atoms with Crippen LogP contribution in [0.4, 0.5) is 76.4 Å². The third-order valence-corrected chi connectivity index (χ3v) is 17.5. The lowest BCUT2D eigenvalue weighted by atomic mass is 9.74. The lowest BCUT2D eigenvalue weighted by Gasteiger charge is -2.37. The van der Waals surface area contributed by atoms with Crippen LogP contribution in [0.15, 0.2) is 11.6 Å². The summed E-state index contributed by atoms with van der Waals surface area (Å²) in [5.74, 6) is 2.57. The Bertz CT molecular complexity index is 3560. The van der Waals surface area contributed by atoms with Crippen molar-refractivity contribution in [3.8, 4) is 0 Å². The average Bonchev–Trinajstić information content (AvgIpc) is 0.794. The van der Waals surface area contributed by atoms with E-state index in [9.17, 15) is 38.4 Å². The molecule has 3 aromatic heterocycles. The molecule has 1 aliphatic carbocycles. The summed E-state index contributed by atoms with van der Waals surface area (Å²) in [6, 6.07) is 0. The smallest absolute Gasteiger partial charge is 0.407 e. The number of aromatic nitrogens is 9. The minimum Gasteiger partial charge on any atom is -0.444 e. The van der Waals surface area contributed by atoms with Gasteiger partial charge in [-0.2, -0.15) is 44.9 Å². The molecule has 3 aliphatic heterocycles. The Hall–Kier alpha value is -9.62. The van der Waals surface area contributed by atoms with Gasteiger partial charge in [-0.05, 0) is 167 Å². The lowest BCUT2D eigenvalue weighted by Crippen LogP contribution is -2.49. The van der Waals surface area contributed by atoms with Crippen molar-refractivity contribution in [2.45, 2.75) is 198 Å². The van der Waals surface area contributed by atoms with Crippen LogP contribution >= 0.6 is 11.6 Å². The number of rotatable bonds is 30. The summed E-state index contributed by atoms with van der Waals surface area (Å²) in [6.45, 7) is 42.7. The number of Topliss-reactive ketones (excluding diaryl/α,β-unsaturated/α-hetero) is 2. The van der Waals surface area contributed by atoms with Crippen molar-refractivity contribution in [2.24, 2.45) is 11.3 Å². The SMILES string of the molecule is CC1(C)CC(=O)C(=CCNCC2CCN(c3nc(N(CCNC(=O)OC(C)(C)C)CCNC(=O)OC(C)(C)C)nc(N4CCN(c5nc(Cl)nc(N6CCN(c7nc(N(CCNC(=O)OC(C)(C)C)CCNC(=O)OC(C)(C)C)nc(N(CCNC(=O)OC(C)(C)C)CCNC(=O)OC(C)(C)C)n7)CC6)n5)CC4)n3)CC2)C(=O)C1. The van der Waals surface area contributed by atoms with E-state index in [4.69, 9.17) is 74.9 Å². The molecule has 38 nitrogen and oxygen atoms in total. The molecule has 0 spiro atoms. The fraction of sp³-hybridized carbons (Fsp3) is 0.747. The minimum atomic E-state index is -0.773. The molecule has 7 rings (SSSR count). The molecular formula is C75H125ClN24O14. The van der Waals surface area contributed by atoms with E-state index in [0.29, 0.717) is 127 Å². The van der Waals surface area contributed by atoms with Gasteiger partial charge in [0, 0.05) is 163 Å². The van der Waals surface area contributed by atoms with Gasteiger partial charge in [-0.15, -0.1) is 0 Å². The van der Waals surface area contributed by atoms with Crippen LogP contribution in [-0.2, 0) is 38.0 Å². The highest BCUT2D eigenvalue weighted by Crippen LogP contribution is 2.34. The number of alkyl carbamates (subject to hydrolysis) is 6. The number of ketones is 2. The molecule has 6 heterocycles. The van der Waals surface area contributed by atoms with E-state index in [0.717, 1.165) is 12.8 Å². The number of piperidine rings is 1. The van der Waals surface area contributed by atoms with Gasteiger partial charge in [0.1, 0.15) is 33.6 Å². The number of hydrogen-bond donors (Lipinski definition) is 7. The number of piperazine rings is 2. The van der Waals surface area contributed by atoms with Crippen molar-refractivity contribution in [1.29, 1.82) is 0 Å². The van der Waals surface area contributed by atoms with Crippen LogP contribution in [0.5, 0.6) is 0 Å². The highest BCUT2D eigenvalue weighted by Gasteiger charge is 2.37. The number of halogens is 1. The van der Waals surface area contributed by atoms with Crippen LogP contribution in [-0.4, -0.2) is 284 Å². The molecule has 0 unspecified atom stereocenters. The Morgan fingerprint density at radius 1 is 0.386 bits per heavy atom. The molecule has 4 fully saturated rings. The third kappa shape index (κ3) is 32.7. The second-order valence-electron chi connectivity index (χ2n) is 35.2. The highest BCUT2D eigenvalue weighted by atomic mass is 35.5. The van der Waals surface area contributed by atoms with E-state index in [1.807, 2.05) is 33.4 Å². The average molecular weight is 1620 g/mol. The molecule has 3 saturated heterocycles. The van der Waals surface area contributed by atoms with E-state index in [1.54, 1.807) is 141 Å². The number of nitrogens with zero attached hydrogens (tertiary/aromatic N) is 17. The minimum absolute atomic E-state index is 0.0147. The molecule has 0 bridgehead atoms. The fourth-order valence-electron chi connectivity index (χ4n) is 12.2. The third-order valence-electron chi connectivity index (χ3n) is 17.3. The van der Waals surface area contributed by atoms with E-state index in [2.05, 4.69) is 57.0 Å². The summed E-state index contributed by atoms with van der Waals surface area (Å²) in [5.41, 5.74) is -4.62. The molecule has 114 heavy (non-hydrogen) atoms. The van der Waals surface area contributed by atoms with Crippen molar-refractivity contribution in [1.82, 2.24) is 82.1 Å². The number of anilines is 8. The zero-order valence-corrected chi connectivity index (χ0v) is 71.4. The summed E-state index contributed by atoms with van der Waals surface area (Å²) in [5, 5.41) is 20.4. The standard InChI is InChI=1S/C75H125ClN24O14/c1-69(2,3)109-63(103)78-25-33-94(34-26-79-64(104)110-70(4,5)6)58-87-57(93-31-22-50(23-32-93)49-77-24-21-51-52(101)47-75(19,20)48-53(51)102)88-61(90-58)99-43-39-97(40-44-99)55-84-54(76)85-56(86-55)98-41-45-100(46-42-98)62-91-59(95(35-27-80-65(105)111-71(7,8)9)36-28-81-66(106)112-72(10,11)12)89-60(92-62)96(37-29-82-67(107)113-73(13,14)15)38-30-83-68(108)114-74(16,17)18/h21,50,77H,22-49H2,1-20H3,(H,78,103)(H,79,104)(H,80,105)(H,81,106)(H,82,107)(H,83,108). The number of amides is 6. The molecule has 636 valence electrons. The first kappa shape index (κ1) is 91.6. The Morgan fingerprint density at radius 3 is 0.886 bits per heavy atom. The topological polar surface area (TPSA) is 418 Å². The fourth-order valence-corrected chi connectivity index (χ4v) is 12.4. The Morgan fingerprint density at radius 2 is 0.623 bits per heavy atom. The van der Waals surface area contributed by atoms with E-state index >= 15 is 0 Å². The molecule has 7 N–H and O–H groups in total. The number of hydrogen-bond acceptors (Lipinski definition) is 32. The van der Waals surface area contributed by atoms with Gasteiger partial charge in [-0.3, -0.25) is 9.59 Å². The maximum absolute atomic E-state index is 13.0. The van der Waals surface area contributed by atoms with Crippen molar-refractivity contribution in [3.63, 3.8) is 0 Å². The summed E-state index contributed by atoms with van der Waals surface area (Å²) in [7, 11) is 0. The van der Waals surface area contributed by atoms with Crippen LogP contribution in [0.25, 0.3) is 0 Å². The van der Waals surface area contributed by atoms with Crippen LogP contribution in [0.1, 0.15) is 164 Å². The first-order valence-electron chi connectivity index (χ1n) is 39.3. The maximum atomic E-state index is 13.0. The molecule has 0 atom stereocenters. The molecular weight excluding hydrogens is 1500 g/mol. The zero-order valence-electron chi connectivity index (χ0n) is 70.6. The number of allylic oxidation sites excluding steroid dienone is 1.